The van der Waals surface area contributed by atoms with Gasteiger partial charge in [0.25, 0.3) is 5.91 Å². The summed E-state index contributed by atoms with van der Waals surface area (Å²) in [6.45, 7) is 8.04. The number of rotatable bonds is 6. The minimum atomic E-state index is 0.0331. The normalized spacial score (nSPS) is 18.0. The standard InChI is InChI=1S/C17H27N3O2/c1-5-6-14-15(12(3)21)11(2)19-16(14)17(22)20-8-7-13(10-20)9-18-4/h13,18-19H,5-10H2,1-4H3. The Kier molecular flexibility index (Phi) is 5.40. The Labute approximate surface area is 132 Å². The van der Waals surface area contributed by atoms with Gasteiger partial charge in [-0.25, -0.2) is 0 Å². The van der Waals surface area contributed by atoms with Gasteiger partial charge in [0.05, 0.1) is 0 Å². The zero-order valence-electron chi connectivity index (χ0n) is 14.1. The summed E-state index contributed by atoms with van der Waals surface area (Å²) in [7, 11) is 1.94. The highest BCUT2D eigenvalue weighted by atomic mass is 16.2. The molecule has 1 unspecified atom stereocenters. The molecular formula is C17H27N3O2. The van der Waals surface area contributed by atoms with Crippen LogP contribution in [0.4, 0.5) is 0 Å². The number of H-pyrrole nitrogens is 1. The van der Waals surface area contributed by atoms with Crippen LogP contribution >= 0.6 is 0 Å². The van der Waals surface area contributed by atoms with Crippen molar-refractivity contribution < 1.29 is 9.59 Å². The Hall–Kier alpha value is -1.62. The lowest BCUT2D eigenvalue weighted by atomic mass is 10.0. The molecule has 1 aliphatic rings. The summed E-state index contributed by atoms with van der Waals surface area (Å²) in [6.07, 6.45) is 2.71. The topological polar surface area (TPSA) is 65.2 Å². The van der Waals surface area contributed by atoms with Gasteiger partial charge < -0.3 is 15.2 Å². The lowest BCUT2D eigenvalue weighted by molar-refractivity contribution is 0.0781. The third kappa shape index (κ3) is 3.24. The first-order valence-corrected chi connectivity index (χ1v) is 8.15. The monoisotopic (exact) mass is 305 g/mol. The number of Topliss-reactive ketones (excluding diaryl/α,β-unsaturated/α-hetero) is 1. The Morgan fingerprint density at radius 2 is 2.14 bits per heavy atom. The first-order valence-electron chi connectivity index (χ1n) is 8.15. The summed E-state index contributed by atoms with van der Waals surface area (Å²) in [4.78, 5) is 29.8. The van der Waals surface area contributed by atoms with E-state index in [1.54, 1.807) is 6.92 Å². The fourth-order valence-corrected chi connectivity index (χ4v) is 3.47. The first-order chi connectivity index (χ1) is 10.5. The third-order valence-corrected chi connectivity index (χ3v) is 4.42. The van der Waals surface area contributed by atoms with Gasteiger partial charge in [0, 0.05) is 24.3 Å². The average Bonchev–Trinajstić information content (AvgIpc) is 3.04. The second-order valence-electron chi connectivity index (χ2n) is 6.25. The van der Waals surface area contributed by atoms with Crippen LogP contribution in [0.25, 0.3) is 0 Å². The molecule has 0 radical (unpaired) electrons. The number of carbonyl (C=O) groups excluding carboxylic acids is 2. The van der Waals surface area contributed by atoms with Crippen molar-refractivity contribution in [3.8, 4) is 0 Å². The van der Waals surface area contributed by atoms with E-state index in [4.69, 9.17) is 0 Å². The largest absolute Gasteiger partial charge is 0.354 e. The molecule has 5 nitrogen and oxygen atoms in total. The molecule has 0 spiro atoms. The van der Waals surface area contributed by atoms with Crippen LogP contribution in [-0.4, -0.2) is 48.3 Å². The molecule has 1 aliphatic heterocycles. The lowest BCUT2D eigenvalue weighted by Crippen LogP contribution is -2.31. The van der Waals surface area contributed by atoms with Crippen LogP contribution in [0.2, 0.25) is 0 Å². The average molecular weight is 305 g/mol. The van der Waals surface area contributed by atoms with E-state index < -0.39 is 0 Å². The summed E-state index contributed by atoms with van der Waals surface area (Å²) < 4.78 is 0. The number of nitrogens with zero attached hydrogens (tertiary/aromatic N) is 1. The summed E-state index contributed by atoms with van der Waals surface area (Å²) in [5.74, 6) is 0.593. The lowest BCUT2D eigenvalue weighted by Gasteiger charge is -2.17. The van der Waals surface area contributed by atoms with Crippen LogP contribution in [0.1, 0.15) is 58.8 Å². The molecule has 0 aromatic carbocycles. The summed E-state index contributed by atoms with van der Waals surface area (Å²) >= 11 is 0. The van der Waals surface area contributed by atoms with Crippen LogP contribution in [0.3, 0.4) is 0 Å². The second kappa shape index (κ2) is 7.09. The van der Waals surface area contributed by atoms with Crippen molar-refractivity contribution in [2.75, 3.05) is 26.7 Å². The van der Waals surface area contributed by atoms with Crippen molar-refractivity contribution in [2.24, 2.45) is 5.92 Å². The number of aromatic amines is 1. The summed E-state index contributed by atoms with van der Waals surface area (Å²) in [6, 6.07) is 0. The maximum absolute atomic E-state index is 12.8. The molecular weight excluding hydrogens is 278 g/mol. The molecule has 2 heterocycles. The van der Waals surface area contributed by atoms with Crippen molar-refractivity contribution in [2.45, 2.75) is 40.0 Å². The van der Waals surface area contributed by atoms with Crippen molar-refractivity contribution in [1.29, 1.82) is 0 Å². The SMILES string of the molecule is CCCc1c(C(=O)N2CCC(CNC)C2)[nH]c(C)c1C(C)=O. The number of aromatic nitrogens is 1. The van der Waals surface area contributed by atoms with Gasteiger partial charge in [0.2, 0.25) is 0 Å². The minimum absolute atomic E-state index is 0.0331. The number of aryl methyl sites for hydroxylation is 1. The number of hydrogen-bond donors (Lipinski definition) is 2. The van der Waals surface area contributed by atoms with Crippen molar-refractivity contribution in [3.05, 3.63) is 22.5 Å². The Bertz CT molecular complexity index is 562. The number of likely N-dealkylation sites (tertiary alicyclic amines) is 1. The molecule has 2 N–H and O–H groups in total. The maximum Gasteiger partial charge on any atom is 0.270 e. The first kappa shape index (κ1) is 16.7. The molecule has 1 aromatic heterocycles. The van der Waals surface area contributed by atoms with E-state index in [9.17, 15) is 9.59 Å². The molecule has 1 saturated heterocycles. The van der Waals surface area contributed by atoms with E-state index in [2.05, 4.69) is 17.2 Å². The number of amides is 1. The highest BCUT2D eigenvalue weighted by Crippen LogP contribution is 2.25. The molecule has 1 aromatic rings. The van der Waals surface area contributed by atoms with Crippen LogP contribution in [0.15, 0.2) is 0 Å². The van der Waals surface area contributed by atoms with Gasteiger partial charge >= 0.3 is 0 Å². The van der Waals surface area contributed by atoms with Gasteiger partial charge in [-0.1, -0.05) is 13.3 Å². The van der Waals surface area contributed by atoms with Crippen molar-refractivity contribution in [1.82, 2.24) is 15.2 Å². The van der Waals surface area contributed by atoms with E-state index in [-0.39, 0.29) is 11.7 Å². The van der Waals surface area contributed by atoms with E-state index >= 15 is 0 Å². The van der Waals surface area contributed by atoms with Crippen molar-refractivity contribution >= 4 is 11.7 Å². The number of carbonyl (C=O) groups is 2. The second-order valence-corrected chi connectivity index (χ2v) is 6.25. The third-order valence-electron chi connectivity index (χ3n) is 4.42. The number of ketones is 1. The van der Waals surface area contributed by atoms with Gasteiger partial charge in [0.15, 0.2) is 5.78 Å². The van der Waals surface area contributed by atoms with E-state index in [1.807, 2.05) is 18.9 Å². The number of hydrogen-bond acceptors (Lipinski definition) is 3. The zero-order chi connectivity index (χ0) is 16.3. The van der Waals surface area contributed by atoms with Gasteiger partial charge in [-0.3, -0.25) is 9.59 Å². The van der Waals surface area contributed by atoms with Gasteiger partial charge in [-0.2, -0.15) is 0 Å². The maximum atomic E-state index is 12.8. The van der Waals surface area contributed by atoms with E-state index in [0.717, 1.165) is 50.2 Å². The molecule has 0 aliphatic carbocycles. The molecule has 0 bridgehead atoms. The Balaban J connectivity index is 2.26. The Morgan fingerprint density at radius 1 is 1.41 bits per heavy atom. The van der Waals surface area contributed by atoms with E-state index in [0.29, 0.717) is 17.2 Å². The molecule has 1 amide bonds. The molecule has 2 rings (SSSR count). The summed E-state index contributed by atoms with van der Waals surface area (Å²) in [5, 5.41) is 3.18. The Morgan fingerprint density at radius 3 is 2.73 bits per heavy atom. The molecule has 1 atom stereocenters. The van der Waals surface area contributed by atoms with Crippen LogP contribution < -0.4 is 5.32 Å². The fourth-order valence-electron chi connectivity index (χ4n) is 3.47. The predicted octanol–water partition coefficient (Wildman–Crippen LogP) is 2.16. The van der Waals surface area contributed by atoms with Crippen LogP contribution in [-0.2, 0) is 6.42 Å². The van der Waals surface area contributed by atoms with Crippen molar-refractivity contribution in [3.63, 3.8) is 0 Å². The zero-order valence-corrected chi connectivity index (χ0v) is 14.1. The molecule has 1 fully saturated rings. The smallest absolute Gasteiger partial charge is 0.270 e. The van der Waals surface area contributed by atoms with Gasteiger partial charge in [-0.05, 0) is 51.8 Å². The summed E-state index contributed by atoms with van der Waals surface area (Å²) in [5.41, 5.74) is 3.03. The highest BCUT2D eigenvalue weighted by Gasteiger charge is 2.30. The quantitative estimate of drug-likeness (QED) is 0.792. The predicted molar refractivity (Wildman–Crippen MR) is 87.5 cm³/mol. The number of nitrogens with one attached hydrogen (secondary N) is 2. The fraction of sp³-hybridized carbons (Fsp3) is 0.647. The van der Waals surface area contributed by atoms with Gasteiger partial charge in [-0.15, -0.1) is 0 Å². The molecule has 22 heavy (non-hydrogen) atoms. The van der Waals surface area contributed by atoms with Crippen LogP contribution in [0, 0.1) is 12.8 Å². The molecule has 122 valence electrons. The molecule has 5 heteroatoms. The van der Waals surface area contributed by atoms with E-state index in [1.165, 1.54) is 0 Å². The van der Waals surface area contributed by atoms with Gasteiger partial charge in [0.1, 0.15) is 5.69 Å². The molecule has 0 saturated carbocycles. The minimum Gasteiger partial charge on any atom is -0.354 e. The van der Waals surface area contributed by atoms with Crippen LogP contribution in [0.5, 0.6) is 0 Å². The highest BCUT2D eigenvalue weighted by molar-refractivity contribution is 6.02.